The number of carbonyl (C=O) groups excluding carboxylic acids is 2. The molecule has 0 bridgehead atoms. The summed E-state index contributed by atoms with van der Waals surface area (Å²) in [7, 11) is 0. The first kappa shape index (κ1) is 13.8. The number of nitrogens with one attached hydrogen (secondary N) is 2. The molecule has 1 fully saturated rings. The lowest BCUT2D eigenvalue weighted by atomic mass is 10.2. The van der Waals surface area contributed by atoms with Crippen molar-refractivity contribution in [1.29, 1.82) is 0 Å². The number of aromatic carboxylic acids is 1. The Labute approximate surface area is 113 Å². The maximum atomic E-state index is 13.2. The maximum Gasteiger partial charge on any atom is 0.338 e. The van der Waals surface area contributed by atoms with E-state index in [1.807, 2.05) is 0 Å². The van der Waals surface area contributed by atoms with Crippen LogP contribution in [0.2, 0.25) is 0 Å². The molecule has 1 aromatic carbocycles. The van der Waals surface area contributed by atoms with Crippen molar-refractivity contribution < 1.29 is 23.9 Å². The third kappa shape index (κ3) is 3.02. The van der Waals surface area contributed by atoms with E-state index >= 15 is 0 Å². The Hall–Kier alpha value is -2.64. The van der Waals surface area contributed by atoms with Crippen molar-refractivity contribution in [2.45, 2.75) is 0 Å². The molecule has 3 amide bonds. The Kier molecular flexibility index (Phi) is 3.83. The van der Waals surface area contributed by atoms with Crippen LogP contribution in [0.5, 0.6) is 0 Å². The highest BCUT2D eigenvalue weighted by atomic mass is 19.1. The van der Waals surface area contributed by atoms with Gasteiger partial charge in [0.2, 0.25) is 5.91 Å². The van der Waals surface area contributed by atoms with E-state index in [-0.39, 0.29) is 18.1 Å². The minimum atomic E-state index is -1.42. The van der Waals surface area contributed by atoms with Crippen LogP contribution in [0.1, 0.15) is 10.4 Å². The molecule has 20 heavy (non-hydrogen) atoms. The van der Waals surface area contributed by atoms with Crippen LogP contribution >= 0.6 is 0 Å². The molecule has 0 aromatic heterocycles. The topological polar surface area (TPSA) is 98.7 Å². The van der Waals surface area contributed by atoms with Crippen molar-refractivity contribution in [2.75, 3.05) is 25.0 Å². The molecule has 0 saturated carbocycles. The number of carboxylic acids is 1. The third-order valence-corrected chi connectivity index (χ3v) is 2.77. The minimum Gasteiger partial charge on any atom is -0.478 e. The van der Waals surface area contributed by atoms with Crippen LogP contribution in [0.3, 0.4) is 0 Å². The van der Waals surface area contributed by atoms with E-state index < -0.39 is 23.4 Å². The molecule has 1 heterocycles. The lowest BCUT2D eigenvalue weighted by molar-refractivity contribution is -0.123. The van der Waals surface area contributed by atoms with Gasteiger partial charge in [0.25, 0.3) is 0 Å². The molecule has 1 aliphatic rings. The number of carbonyl (C=O) groups is 3. The summed E-state index contributed by atoms with van der Waals surface area (Å²) in [6, 6.07) is 2.70. The summed E-state index contributed by atoms with van der Waals surface area (Å²) in [4.78, 5) is 35.1. The highest BCUT2D eigenvalue weighted by molar-refractivity contribution is 5.95. The summed E-state index contributed by atoms with van der Waals surface area (Å²) < 4.78 is 13.2. The lowest BCUT2D eigenvalue weighted by Crippen LogP contribution is -2.51. The van der Waals surface area contributed by atoms with E-state index in [1.54, 1.807) is 0 Å². The van der Waals surface area contributed by atoms with Crippen LogP contribution in [0.4, 0.5) is 14.9 Å². The van der Waals surface area contributed by atoms with Gasteiger partial charge in [-0.1, -0.05) is 0 Å². The first-order valence-corrected chi connectivity index (χ1v) is 5.83. The van der Waals surface area contributed by atoms with Crippen LogP contribution < -0.4 is 10.6 Å². The molecule has 7 nitrogen and oxygen atoms in total. The Balaban J connectivity index is 2.09. The first-order valence-electron chi connectivity index (χ1n) is 5.83. The molecule has 1 aliphatic heterocycles. The second-order valence-corrected chi connectivity index (χ2v) is 4.20. The molecule has 1 saturated heterocycles. The molecule has 0 aliphatic carbocycles. The van der Waals surface area contributed by atoms with E-state index in [0.717, 1.165) is 12.1 Å². The van der Waals surface area contributed by atoms with E-state index in [1.165, 1.54) is 11.0 Å². The van der Waals surface area contributed by atoms with Crippen molar-refractivity contribution in [1.82, 2.24) is 10.2 Å². The second-order valence-electron chi connectivity index (χ2n) is 4.20. The average molecular weight is 281 g/mol. The highest BCUT2D eigenvalue weighted by Crippen LogP contribution is 2.15. The number of piperazine rings is 1. The summed E-state index contributed by atoms with van der Waals surface area (Å²) >= 11 is 0. The zero-order chi connectivity index (χ0) is 14.7. The quantitative estimate of drug-likeness (QED) is 0.734. The number of nitrogens with zero attached hydrogens (tertiary/aromatic N) is 1. The zero-order valence-corrected chi connectivity index (χ0v) is 10.4. The smallest absolute Gasteiger partial charge is 0.338 e. The van der Waals surface area contributed by atoms with Gasteiger partial charge in [-0.15, -0.1) is 0 Å². The van der Waals surface area contributed by atoms with Gasteiger partial charge in [-0.2, -0.15) is 0 Å². The number of carboxylic acid groups (broad SMARTS) is 1. The molecular formula is C12H12FN3O4. The normalized spacial score (nSPS) is 14.7. The Morgan fingerprint density at radius 2 is 2.15 bits per heavy atom. The SMILES string of the molecule is O=C1CN(C(=O)Nc2ccc(F)c(C(=O)O)c2)CCN1. The predicted molar refractivity (Wildman–Crippen MR) is 67.0 cm³/mol. The van der Waals surface area contributed by atoms with Gasteiger partial charge < -0.3 is 20.6 Å². The van der Waals surface area contributed by atoms with Crippen LogP contribution in [0.25, 0.3) is 0 Å². The van der Waals surface area contributed by atoms with E-state index in [2.05, 4.69) is 10.6 Å². The zero-order valence-electron chi connectivity index (χ0n) is 10.4. The molecule has 2 rings (SSSR count). The number of hydrogen-bond donors (Lipinski definition) is 3. The Morgan fingerprint density at radius 1 is 1.40 bits per heavy atom. The van der Waals surface area contributed by atoms with Gasteiger partial charge in [0.1, 0.15) is 12.4 Å². The number of urea groups is 1. The van der Waals surface area contributed by atoms with Crippen molar-refractivity contribution in [2.24, 2.45) is 0 Å². The number of amides is 3. The van der Waals surface area contributed by atoms with Crippen molar-refractivity contribution in [3.05, 3.63) is 29.6 Å². The van der Waals surface area contributed by atoms with Gasteiger partial charge in [0, 0.05) is 18.8 Å². The molecule has 0 radical (unpaired) electrons. The number of benzene rings is 1. The monoisotopic (exact) mass is 281 g/mol. The summed E-state index contributed by atoms with van der Waals surface area (Å²) in [6.45, 7) is 0.638. The molecule has 3 N–H and O–H groups in total. The van der Waals surface area contributed by atoms with Gasteiger partial charge >= 0.3 is 12.0 Å². The van der Waals surface area contributed by atoms with Crippen LogP contribution in [0.15, 0.2) is 18.2 Å². The molecule has 106 valence electrons. The standard InChI is InChI=1S/C12H12FN3O4/c13-9-2-1-7(5-8(9)11(18)19)15-12(20)16-4-3-14-10(17)6-16/h1-2,5H,3-4,6H2,(H,14,17)(H,15,20)(H,18,19). The lowest BCUT2D eigenvalue weighted by Gasteiger charge is -2.26. The van der Waals surface area contributed by atoms with E-state index in [0.29, 0.717) is 13.1 Å². The Morgan fingerprint density at radius 3 is 2.80 bits per heavy atom. The fourth-order valence-corrected chi connectivity index (χ4v) is 1.78. The van der Waals surface area contributed by atoms with Crippen LogP contribution in [-0.2, 0) is 4.79 Å². The van der Waals surface area contributed by atoms with Gasteiger partial charge in [0.15, 0.2) is 0 Å². The molecule has 8 heteroatoms. The molecule has 1 aromatic rings. The minimum absolute atomic E-state index is 0.0706. The maximum absolute atomic E-state index is 13.2. The van der Waals surface area contributed by atoms with Crippen molar-refractivity contribution in [3.8, 4) is 0 Å². The number of halogens is 1. The molecule has 0 atom stereocenters. The van der Waals surface area contributed by atoms with Crippen LogP contribution in [0, 0.1) is 5.82 Å². The van der Waals surface area contributed by atoms with Crippen molar-refractivity contribution in [3.63, 3.8) is 0 Å². The van der Waals surface area contributed by atoms with Crippen LogP contribution in [-0.4, -0.2) is 47.5 Å². The average Bonchev–Trinajstić information content (AvgIpc) is 2.40. The first-order chi connectivity index (χ1) is 9.47. The van der Waals surface area contributed by atoms with E-state index in [9.17, 15) is 18.8 Å². The number of rotatable bonds is 2. The van der Waals surface area contributed by atoms with Gasteiger partial charge in [0.05, 0.1) is 5.56 Å². The van der Waals surface area contributed by atoms with Gasteiger partial charge in [-0.25, -0.2) is 14.0 Å². The van der Waals surface area contributed by atoms with Crippen molar-refractivity contribution >= 4 is 23.6 Å². The summed E-state index contributed by atoms with van der Waals surface area (Å²) in [5.41, 5.74) is -0.376. The molecule has 0 spiro atoms. The second kappa shape index (κ2) is 5.55. The summed E-state index contributed by atoms with van der Waals surface area (Å²) in [6.07, 6.45) is 0. The number of hydrogen-bond acceptors (Lipinski definition) is 3. The largest absolute Gasteiger partial charge is 0.478 e. The highest BCUT2D eigenvalue weighted by Gasteiger charge is 2.21. The van der Waals surface area contributed by atoms with Gasteiger partial charge in [-0.3, -0.25) is 4.79 Å². The predicted octanol–water partition coefficient (Wildman–Crippen LogP) is 0.488. The fraction of sp³-hybridized carbons (Fsp3) is 0.250. The van der Waals surface area contributed by atoms with E-state index in [4.69, 9.17) is 5.11 Å². The summed E-state index contributed by atoms with van der Waals surface area (Å²) in [5, 5.41) is 13.8. The number of anilines is 1. The molecular weight excluding hydrogens is 269 g/mol. The summed E-state index contributed by atoms with van der Waals surface area (Å²) in [5.74, 6) is -2.57. The molecule has 0 unspecified atom stereocenters. The fourth-order valence-electron chi connectivity index (χ4n) is 1.78. The Bertz CT molecular complexity index is 576. The van der Waals surface area contributed by atoms with Gasteiger partial charge in [-0.05, 0) is 18.2 Å². The third-order valence-electron chi connectivity index (χ3n) is 2.77.